The predicted octanol–water partition coefficient (Wildman–Crippen LogP) is 1.21. The van der Waals surface area contributed by atoms with Gasteiger partial charge in [-0.05, 0) is 18.1 Å². The van der Waals surface area contributed by atoms with Crippen LogP contribution in [0.4, 0.5) is 5.82 Å². The normalized spacial score (nSPS) is 10.3. The van der Waals surface area contributed by atoms with Gasteiger partial charge in [0.25, 0.3) is 0 Å². The van der Waals surface area contributed by atoms with Crippen molar-refractivity contribution in [2.24, 2.45) is 5.73 Å². The van der Waals surface area contributed by atoms with Crippen molar-refractivity contribution in [2.45, 2.75) is 12.8 Å². The summed E-state index contributed by atoms with van der Waals surface area (Å²) in [6, 6.07) is 1.55. The molecule has 0 radical (unpaired) electrons. The fraction of sp³-hybridized carbons (Fsp3) is 0.500. The van der Waals surface area contributed by atoms with Crippen LogP contribution < -0.4 is 16.4 Å². The molecule has 0 aliphatic heterocycles. The van der Waals surface area contributed by atoms with E-state index in [0.717, 1.165) is 17.1 Å². The number of aryl methyl sites for hydroxylation is 1. The van der Waals surface area contributed by atoms with Gasteiger partial charge in [0.1, 0.15) is 11.4 Å². The van der Waals surface area contributed by atoms with E-state index >= 15 is 0 Å². The van der Waals surface area contributed by atoms with Crippen molar-refractivity contribution in [1.29, 1.82) is 0 Å². The molecule has 0 unspecified atom stereocenters. The van der Waals surface area contributed by atoms with E-state index in [0.29, 0.717) is 31.7 Å². The molecule has 0 aromatic carbocycles. The monoisotopic (exact) mass is 358 g/mol. The molecule has 0 bridgehead atoms. The van der Waals surface area contributed by atoms with Crippen molar-refractivity contribution in [3.05, 3.63) is 23.4 Å². The number of rotatable bonds is 11. The van der Waals surface area contributed by atoms with Crippen LogP contribution in [0.25, 0.3) is 0 Å². The SMILES string of the molecule is CNc1ncc(CCC(=O)NCCSSCCN)cc1C(=O)O. The zero-order chi connectivity index (χ0) is 17.1. The number of carbonyl (C=O) groups excluding carboxylic acids is 1. The van der Waals surface area contributed by atoms with Gasteiger partial charge in [0.15, 0.2) is 0 Å². The number of carboxylic acids is 1. The van der Waals surface area contributed by atoms with Crippen LogP contribution in [-0.2, 0) is 11.2 Å². The van der Waals surface area contributed by atoms with Gasteiger partial charge in [-0.25, -0.2) is 9.78 Å². The quantitative estimate of drug-likeness (QED) is 0.344. The third kappa shape index (κ3) is 7.58. The molecule has 1 heterocycles. The lowest BCUT2D eigenvalue weighted by atomic mass is 10.1. The first-order chi connectivity index (χ1) is 11.1. The summed E-state index contributed by atoms with van der Waals surface area (Å²) in [6.07, 6.45) is 2.35. The van der Waals surface area contributed by atoms with Gasteiger partial charge >= 0.3 is 5.97 Å². The minimum atomic E-state index is -1.04. The van der Waals surface area contributed by atoms with E-state index in [2.05, 4.69) is 15.6 Å². The molecule has 128 valence electrons. The summed E-state index contributed by atoms with van der Waals surface area (Å²) < 4.78 is 0. The van der Waals surface area contributed by atoms with Gasteiger partial charge in [0, 0.05) is 44.3 Å². The molecule has 1 amide bonds. The molecule has 1 aromatic heterocycles. The van der Waals surface area contributed by atoms with Crippen LogP contribution >= 0.6 is 21.6 Å². The number of carboxylic acid groups (broad SMARTS) is 1. The van der Waals surface area contributed by atoms with Gasteiger partial charge in [0.2, 0.25) is 5.91 Å². The topological polar surface area (TPSA) is 117 Å². The first kappa shape index (κ1) is 19.6. The Hall–Kier alpha value is -1.45. The van der Waals surface area contributed by atoms with E-state index in [1.807, 2.05) is 0 Å². The average molecular weight is 358 g/mol. The highest BCUT2D eigenvalue weighted by Gasteiger charge is 2.12. The second kappa shape index (κ2) is 11.1. The maximum atomic E-state index is 11.8. The third-order valence-corrected chi connectivity index (χ3v) is 5.28. The first-order valence-corrected chi connectivity index (χ1v) is 9.68. The lowest BCUT2D eigenvalue weighted by Crippen LogP contribution is -2.25. The van der Waals surface area contributed by atoms with E-state index < -0.39 is 5.97 Å². The summed E-state index contributed by atoms with van der Waals surface area (Å²) in [5.74, 6) is 0.958. The van der Waals surface area contributed by atoms with Gasteiger partial charge < -0.3 is 21.5 Å². The lowest BCUT2D eigenvalue weighted by molar-refractivity contribution is -0.120. The molecular weight excluding hydrogens is 336 g/mol. The Morgan fingerprint density at radius 3 is 2.74 bits per heavy atom. The maximum Gasteiger partial charge on any atom is 0.339 e. The van der Waals surface area contributed by atoms with Crippen molar-refractivity contribution in [3.63, 3.8) is 0 Å². The molecule has 1 rings (SSSR count). The number of pyridine rings is 1. The number of nitrogens with zero attached hydrogens (tertiary/aromatic N) is 1. The second-order valence-electron chi connectivity index (χ2n) is 4.58. The van der Waals surface area contributed by atoms with Crippen LogP contribution in [0.2, 0.25) is 0 Å². The van der Waals surface area contributed by atoms with E-state index in [4.69, 9.17) is 10.8 Å². The van der Waals surface area contributed by atoms with Gasteiger partial charge in [-0.3, -0.25) is 4.79 Å². The Kier molecular flexibility index (Phi) is 9.49. The number of aromatic nitrogens is 1. The van der Waals surface area contributed by atoms with Crippen molar-refractivity contribution in [3.8, 4) is 0 Å². The molecule has 1 aromatic rings. The molecule has 0 saturated heterocycles. The van der Waals surface area contributed by atoms with Crippen LogP contribution in [0, 0.1) is 0 Å². The number of hydrogen-bond donors (Lipinski definition) is 4. The van der Waals surface area contributed by atoms with Crippen LogP contribution in [0.15, 0.2) is 12.3 Å². The smallest absolute Gasteiger partial charge is 0.339 e. The van der Waals surface area contributed by atoms with Crippen molar-refractivity contribution >= 4 is 39.3 Å². The fourth-order valence-electron chi connectivity index (χ4n) is 1.75. The van der Waals surface area contributed by atoms with Gasteiger partial charge in [-0.2, -0.15) is 0 Å². The number of aromatic carboxylic acids is 1. The molecule has 0 aliphatic carbocycles. The summed E-state index contributed by atoms with van der Waals surface area (Å²) in [5, 5.41) is 14.7. The van der Waals surface area contributed by atoms with Crippen LogP contribution in [0.1, 0.15) is 22.3 Å². The van der Waals surface area contributed by atoms with Crippen molar-refractivity contribution in [2.75, 3.05) is 37.0 Å². The average Bonchev–Trinajstić information content (AvgIpc) is 2.55. The molecule has 7 nitrogen and oxygen atoms in total. The number of anilines is 1. The lowest BCUT2D eigenvalue weighted by Gasteiger charge is -2.08. The minimum Gasteiger partial charge on any atom is -0.478 e. The zero-order valence-electron chi connectivity index (χ0n) is 13.0. The van der Waals surface area contributed by atoms with Crippen LogP contribution in [0.5, 0.6) is 0 Å². The molecule has 9 heteroatoms. The van der Waals surface area contributed by atoms with E-state index in [1.54, 1.807) is 40.9 Å². The number of nitrogens with one attached hydrogen (secondary N) is 2. The molecule has 0 aliphatic rings. The van der Waals surface area contributed by atoms with E-state index in [1.165, 1.54) is 0 Å². The largest absolute Gasteiger partial charge is 0.478 e. The minimum absolute atomic E-state index is 0.0519. The van der Waals surface area contributed by atoms with E-state index in [-0.39, 0.29) is 11.5 Å². The summed E-state index contributed by atoms with van der Waals surface area (Å²) in [4.78, 5) is 27.0. The molecule has 0 atom stereocenters. The molecule has 5 N–H and O–H groups in total. The predicted molar refractivity (Wildman–Crippen MR) is 96.0 cm³/mol. The number of amides is 1. The Bertz CT molecular complexity index is 529. The summed E-state index contributed by atoms with van der Waals surface area (Å²) in [7, 11) is 4.99. The molecular formula is C14H22N4O3S2. The van der Waals surface area contributed by atoms with Crippen molar-refractivity contribution < 1.29 is 14.7 Å². The van der Waals surface area contributed by atoms with Gasteiger partial charge in [-0.15, -0.1) is 0 Å². The fourth-order valence-corrected chi connectivity index (χ4v) is 3.51. The molecule has 23 heavy (non-hydrogen) atoms. The third-order valence-electron chi connectivity index (χ3n) is 2.84. The number of carbonyl (C=O) groups is 2. The highest BCUT2D eigenvalue weighted by molar-refractivity contribution is 8.76. The standard InChI is InChI=1S/C14H22N4O3S2/c1-16-13-11(14(20)21)8-10(9-18-13)2-3-12(19)17-5-7-23-22-6-4-15/h8-9H,2-7,15H2,1H3,(H,16,18)(H,17,19)(H,20,21). The van der Waals surface area contributed by atoms with Gasteiger partial charge in [-0.1, -0.05) is 21.6 Å². The Morgan fingerprint density at radius 1 is 1.35 bits per heavy atom. The summed E-state index contributed by atoms with van der Waals surface area (Å²) in [5.41, 5.74) is 6.22. The first-order valence-electron chi connectivity index (χ1n) is 7.19. The van der Waals surface area contributed by atoms with Gasteiger partial charge in [0.05, 0.1) is 0 Å². The molecule has 0 saturated carbocycles. The highest BCUT2D eigenvalue weighted by atomic mass is 33.1. The second-order valence-corrected chi connectivity index (χ2v) is 7.28. The molecule has 0 spiro atoms. The van der Waals surface area contributed by atoms with Crippen molar-refractivity contribution in [1.82, 2.24) is 10.3 Å². The Balaban J connectivity index is 2.35. The zero-order valence-corrected chi connectivity index (χ0v) is 14.6. The molecule has 0 fully saturated rings. The highest BCUT2D eigenvalue weighted by Crippen LogP contribution is 2.19. The summed E-state index contributed by atoms with van der Waals surface area (Å²) >= 11 is 0. The Morgan fingerprint density at radius 2 is 2.09 bits per heavy atom. The summed E-state index contributed by atoms with van der Waals surface area (Å²) in [6.45, 7) is 1.27. The Labute approximate surface area is 143 Å². The maximum absolute atomic E-state index is 11.8. The van der Waals surface area contributed by atoms with Crippen LogP contribution in [0.3, 0.4) is 0 Å². The number of hydrogen-bond acceptors (Lipinski definition) is 7. The van der Waals surface area contributed by atoms with E-state index in [9.17, 15) is 9.59 Å². The number of nitrogens with two attached hydrogens (primary N) is 1. The van der Waals surface area contributed by atoms with Crippen LogP contribution in [-0.4, -0.2) is 53.6 Å².